The molecule has 0 fully saturated rings. The Labute approximate surface area is 58.9 Å². The van der Waals surface area contributed by atoms with Crippen molar-refractivity contribution >= 4 is 11.0 Å². The van der Waals surface area contributed by atoms with Gasteiger partial charge in [0.1, 0.15) is 0 Å². The average Bonchev–Trinajstić information content (AvgIpc) is 2.33. The molecule has 1 heterocycles. The second-order valence-corrected chi connectivity index (χ2v) is 2.31. The van der Waals surface area contributed by atoms with Crippen LogP contribution in [0.1, 0.15) is 5.56 Å². The number of H-pyrrole nitrogens is 1. The molecule has 0 atom stereocenters. The molecule has 0 saturated heterocycles. The summed E-state index contributed by atoms with van der Waals surface area (Å²) in [5.41, 5.74) is 3.09. The predicted octanol–water partition coefficient (Wildman–Crippen LogP) is 1.67. The van der Waals surface area contributed by atoms with Crippen LogP contribution in [0, 0.1) is 13.0 Å². The van der Waals surface area contributed by atoms with Crippen molar-refractivity contribution in [1.82, 2.24) is 9.97 Å². The van der Waals surface area contributed by atoms with E-state index in [9.17, 15) is 0 Å². The number of hydrogen-bond donors (Lipinski definition) is 1. The van der Waals surface area contributed by atoms with E-state index in [1.165, 1.54) is 0 Å². The lowest BCUT2D eigenvalue weighted by Crippen LogP contribution is -1.72. The van der Waals surface area contributed by atoms with E-state index in [1.54, 1.807) is 6.33 Å². The average molecular weight is 131 g/mol. The number of nitrogens with zero attached hydrogens (tertiary/aromatic N) is 1. The molecule has 2 aromatic rings. The molecule has 2 heteroatoms. The highest BCUT2D eigenvalue weighted by Crippen LogP contribution is 2.08. The Morgan fingerprint density at radius 1 is 1.50 bits per heavy atom. The molecule has 0 spiro atoms. The summed E-state index contributed by atoms with van der Waals surface area (Å²) in [5, 5.41) is 0. The molecule has 0 unspecified atom stereocenters. The Balaban J connectivity index is 2.86. The lowest BCUT2D eigenvalue weighted by Gasteiger charge is -1.88. The highest BCUT2D eigenvalue weighted by molar-refractivity contribution is 5.74. The van der Waals surface area contributed by atoms with Gasteiger partial charge in [-0.2, -0.15) is 0 Å². The Kier molecular flexibility index (Phi) is 1.01. The van der Waals surface area contributed by atoms with Crippen molar-refractivity contribution in [3.8, 4) is 0 Å². The molecule has 1 N–H and O–H groups in total. The summed E-state index contributed by atoms with van der Waals surface area (Å²) in [6, 6.07) is 7.15. The minimum Gasteiger partial charge on any atom is -0.345 e. The fourth-order valence-electron chi connectivity index (χ4n) is 0.968. The van der Waals surface area contributed by atoms with E-state index >= 15 is 0 Å². The van der Waals surface area contributed by atoms with Crippen LogP contribution in [0.2, 0.25) is 0 Å². The molecule has 1 aromatic carbocycles. The van der Waals surface area contributed by atoms with Gasteiger partial charge in [-0.1, -0.05) is 6.07 Å². The zero-order chi connectivity index (χ0) is 6.97. The first-order valence-electron chi connectivity index (χ1n) is 3.18. The van der Waals surface area contributed by atoms with Gasteiger partial charge in [-0.25, -0.2) is 4.98 Å². The van der Waals surface area contributed by atoms with E-state index in [-0.39, 0.29) is 0 Å². The van der Waals surface area contributed by atoms with Crippen molar-refractivity contribution in [3.05, 3.63) is 30.1 Å². The molecule has 0 bridgehead atoms. The van der Waals surface area contributed by atoms with Crippen molar-refractivity contribution in [3.63, 3.8) is 0 Å². The lowest BCUT2D eigenvalue weighted by atomic mass is 10.2. The minimum absolute atomic E-state index is 0.917. The van der Waals surface area contributed by atoms with Crippen LogP contribution in [-0.4, -0.2) is 9.97 Å². The summed E-state index contributed by atoms with van der Waals surface area (Å²) in [6.45, 7) is 2.01. The molecular formula is C8H7N2. The van der Waals surface area contributed by atoms with E-state index in [2.05, 4.69) is 16.0 Å². The van der Waals surface area contributed by atoms with Crippen molar-refractivity contribution in [2.75, 3.05) is 0 Å². The third kappa shape index (κ3) is 0.692. The molecule has 49 valence electrons. The number of rotatable bonds is 0. The number of hydrogen-bond acceptors (Lipinski definition) is 1. The van der Waals surface area contributed by atoms with Crippen LogP contribution in [-0.2, 0) is 0 Å². The zero-order valence-electron chi connectivity index (χ0n) is 5.68. The van der Waals surface area contributed by atoms with Crippen molar-refractivity contribution in [2.45, 2.75) is 6.92 Å². The molecule has 2 nitrogen and oxygen atoms in total. The number of aryl methyl sites for hydroxylation is 1. The van der Waals surface area contributed by atoms with E-state index in [0.29, 0.717) is 0 Å². The number of aromatic nitrogens is 2. The number of benzene rings is 1. The second-order valence-electron chi connectivity index (χ2n) is 2.31. The summed E-state index contributed by atoms with van der Waals surface area (Å²) < 4.78 is 0. The summed E-state index contributed by atoms with van der Waals surface area (Å²) in [7, 11) is 0. The summed E-state index contributed by atoms with van der Waals surface area (Å²) in [6.07, 6.45) is 1.68. The van der Waals surface area contributed by atoms with Gasteiger partial charge < -0.3 is 4.98 Å². The second kappa shape index (κ2) is 1.84. The van der Waals surface area contributed by atoms with Crippen molar-refractivity contribution in [1.29, 1.82) is 0 Å². The zero-order valence-corrected chi connectivity index (χ0v) is 5.68. The monoisotopic (exact) mass is 131 g/mol. The topological polar surface area (TPSA) is 28.7 Å². The van der Waals surface area contributed by atoms with Crippen molar-refractivity contribution in [2.24, 2.45) is 0 Å². The van der Waals surface area contributed by atoms with Crippen LogP contribution in [0.5, 0.6) is 0 Å². The van der Waals surface area contributed by atoms with Gasteiger partial charge in [-0.15, -0.1) is 0 Å². The minimum atomic E-state index is 0.917. The maximum absolute atomic E-state index is 4.07. The Morgan fingerprint density at radius 3 is 3.30 bits per heavy atom. The standard InChI is InChI=1S/C8H7N2/c1-6-2-3-7-8(4-6)10-5-9-7/h2-3,5H,1H3,(H,9,10). The van der Waals surface area contributed by atoms with Crippen LogP contribution in [0.3, 0.4) is 0 Å². The Bertz CT molecular complexity index is 349. The number of imidazole rings is 1. The number of fused-ring (bicyclic) bond motifs is 1. The van der Waals surface area contributed by atoms with Gasteiger partial charge in [0.05, 0.1) is 17.4 Å². The smallest absolute Gasteiger partial charge is 0.0964 e. The van der Waals surface area contributed by atoms with Crippen molar-refractivity contribution < 1.29 is 0 Å². The summed E-state index contributed by atoms with van der Waals surface area (Å²) in [5.74, 6) is 0. The fraction of sp³-hybridized carbons (Fsp3) is 0.125. The molecular weight excluding hydrogens is 124 g/mol. The number of aromatic amines is 1. The van der Waals surface area contributed by atoms with Gasteiger partial charge in [-0.05, 0) is 18.6 Å². The molecule has 0 aliphatic rings. The molecule has 0 saturated carbocycles. The first kappa shape index (κ1) is 5.47. The first-order valence-corrected chi connectivity index (χ1v) is 3.18. The van der Waals surface area contributed by atoms with Crippen LogP contribution in [0.4, 0.5) is 0 Å². The highest BCUT2D eigenvalue weighted by Gasteiger charge is 1.93. The van der Waals surface area contributed by atoms with Gasteiger partial charge in [0, 0.05) is 6.07 Å². The van der Waals surface area contributed by atoms with Gasteiger partial charge in [0.2, 0.25) is 0 Å². The van der Waals surface area contributed by atoms with Gasteiger partial charge in [-0.3, -0.25) is 0 Å². The molecule has 0 aliphatic heterocycles. The SMILES string of the molecule is Cc1[c]c2nc[nH]c2cc1. The van der Waals surface area contributed by atoms with Crippen LogP contribution >= 0.6 is 0 Å². The lowest BCUT2D eigenvalue weighted by molar-refractivity contribution is 1.34. The maximum atomic E-state index is 4.07. The van der Waals surface area contributed by atoms with Crippen LogP contribution in [0.15, 0.2) is 18.5 Å². The van der Waals surface area contributed by atoms with Crippen LogP contribution < -0.4 is 0 Å². The molecule has 10 heavy (non-hydrogen) atoms. The molecule has 2 rings (SSSR count). The molecule has 1 aromatic heterocycles. The predicted molar refractivity (Wildman–Crippen MR) is 39.7 cm³/mol. The Hall–Kier alpha value is -1.31. The van der Waals surface area contributed by atoms with E-state index in [0.717, 1.165) is 16.6 Å². The molecule has 0 aliphatic carbocycles. The molecule has 1 radical (unpaired) electrons. The molecule has 0 amide bonds. The third-order valence-electron chi connectivity index (χ3n) is 1.48. The highest BCUT2D eigenvalue weighted by atomic mass is 14.9. The largest absolute Gasteiger partial charge is 0.345 e. The summed E-state index contributed by atoms with van der Waals surface area (Å²) in [4.78, 5) is 7.07. The first-order chi connectivity index (χ1) is 4.86. The van der Waals surface area contributed by atoms with E-state index < -0.39 is 0 Å². The van der Waals surface area contributed by atoms with Gasteiger partial charge in [0.15, 0.2) is 0 Å². The van der Waals surface area contributed by atoms with E-state index in [1.807, 2.05) is 19.1 Å². The maximum Gasteiger partial charge on any atom is 0.0964 e. The summed E-state index contributed by atoms with van der Waals surface area (Å²) >= 11 is 0. The quantitative estimate of drug-likeness (QED) is 0.578. The Morgan fingerprint density at radius 2 is 2.40 bits per heavy atom. The normalized spacial score (nSPS) is 10.5. The van der Waals surface area contributed by atoms with Gasteiger partial charge >= 0.3 is 0 Å². The third-order valence-corrected chi connectivity index (χ3v) is 1.48. The fourth-order valence-corrected chi connectivity index (χ4v) is 0.968. The van der Waals surface area contributed by atoms with E-state index in [4.69, 9.17) is 0 Å². The van der Waals surface area contributed by atoms with Crippen LogP contribution in [0.25, 0.3) is 11.0 Å². The number of nitrogens with one attached hydrogen (secondary N) is 1. The van der Waals surface area contributed by atoms with Gasteiger partial charge in [0.25, 0.3) is 0 Å².